The summed E-state index contributed by atoms with van der Waals surface area (Å²) in [5.74, 6) is 0.294. The quantitative estimate of drug-likeness (QED) is 0.576. The average molecular weight is 318 g/mol. The third kappa shape index (κ3) is 3.52. The Kier molecular flexibility index (Phi) is 5.66. The van der Waals surface area contributed by atoms with Crippen molar-refractivity contribution in [2.24, 2.45) is 5.92 Å². The molecule has 0 bridgehead atoms. The van der Waals surface area contributed by atoms with Crippen LogP contribution in [0.25, 0.3) is 5.57 Å². The van der Waals surface area contributed by atoms with Crippen LogP contribution in [0.3, 0.4) is 0 Å². The summed E-state index contributed by atoms with van der Waals surface area (Å²) in [6.45, 7) is 7.03. The molecule has 24 heavy (non-hydrogen) atoms. The predicted molar refractivity (Wildman–Crippen MR) is 102 cm³/mol. The van der Waals surface area contributed by atoms with Crippen LogP contribution >= 0.6 is 0 Å². The molecule has 1 heteroatoms. The van der Waals surface area contributed by atoms with E-state index in [1.54, 1.807) is 0 Å². The largest absolute Gasteiger partial charge is 0.368 e. The number of hydrogen-bond donors (Lipinski definition) is 0. The van der Waals surface area contributed by atoms with Gasteiger partial charge in [-0.25, -0.2) is 0 Å². The molecule has 0 amide bonds. The van der Waals surface area contributed by atoms with E-state index < -0.39 is 0 Å². The predicted octanol–water partition coefficient (Wildman–Crippen LogP) is 6.20. The van der Waals surface area contributed by atoms with Gasteiger partial charge in [-0.05, 0) is 35.1 Å². The van der Waals surface area contributed by atoms with E-state index in [-0.39, 0.29) is 6.10 Å². The minimum atomic E-state index is 0.0428. The lowest BCUT2D eigenvalue weighted by atomic mass is 9.84. The van der Waals surface area contributed by atoms with Gasteiger partial charge in [0.25, 0.3) is 0 Å². The van der Waals surface area contributed by atoms with E-state index in [0.717, 1.165) is 13.0 Å². The van der Waals surface area contributed by atoms with Gasteiger partial charge in [0.2, 0.25) is 0 Å². The summed E-state index contributed by atoms with van der Waals surface area (Å²) in [6, 6.07) is 21.3. The molecule has 0 aromatic heterocycles. The number of ether oxygens (including phenoxy) is 1. The summed E-state index contributed by atoms with van der Waals surface area (Å²) in [5.41, 5.74) is 5.39. The Morgan fingerprint density at radius 3 is 2.38 bits per heavy atom. The summed E-state index contributed by atoms with van der Waals surface area (Å²) >= 11 is 0. The van der Waals surface area contributed by atoms with E-state index in [9.17, 15) is 0 Å². The Labute approximate surface area is 145 Å². The van der Waals surface area contributed by atoms with Crippen LogP contribution in [0.1, 0.15) is 43.4 Å². The van der Waals surface area contributed by atoms with Crippen LogP contribution in [0.15, 0.2) is 78.9 Å². The molecule has 1 nitrogen and oxygen atoms in total. The maximum atomic E-state index is 6.21. The molecule has 0 N–H and O–H groups in total. The molecule has 2 aromatic carbocycles. The Balaban J connectivity index is 2.11. The van der Waals surface area contributed by atoms with Gasteiger partial charge in [0.15, 0.2) is 0 Å². The number of benzene rings is 2. The maximum absolute atomic E-state index is 6.21. The van der Waals surface area contributed by atoms with E-state index in [4.69, 9.17) is 4.74 Å². The molecule has 1 aliphatic rings. The highest BCUT2D eigenvalue weighted by Gasteiger charge is 2.33. The molecule has 1 saturated heterocycles. The van der Waals surface area contributed by atoms with Crippen LogP contribution in [-0.4, -0.2) is 6.61 Å². The molecule has 1 fully saturated rings. The summed E-state index contributed by atoms with van der Waals surface area (Å²) in [6.07, 6.45) is 5.57. The lowest BCUT2D eigenvalue weighted by Crippen LogP contribution is -2.05. The summed E-state index contributed by atoms with van der Waals surface area (Å²) in [7, 11) is 0. The fourth-order valence-electron chi connectivity index (χ4n) is 3.50. The standard InChI is InChI=1S/C23H26O/c1-3-5-16-21(19-12-8-6-9-13-19)22-18(4-2)17-24-23(22)20-14-10-7-11-15-20/h4,6-15,18,23H,2-3,5,16-17H2,1H3/b22-21+/t18-,23-/m0/s1. The molecule has 0 saturated carbocycles. The van der Waals surface area contributed by atoms with Crippen molar-refractivity contribution in [3.05, 3.63) is 90.0 Å². The molecule has 0 unspecified atom stereocenters. The van der Waals surface area contributed by atoms with Crippen molar-refractivity contribution in [2.45, 2.75) is 32.3 Å². The highest BCUT2D eigenvalue weighted by molar-refractivity contribution is 5.71. The lowest BCUT2D eigenvalue weighted by Gasteiger charge is -2.20. The van der Waals surface area contributed by atoms with Gasteiger partial charge in [-0.3, -0.25) is 0 Å². The Morgan fingerprint density at radius 2 is 1.75 bits per heavy atom. The first-order valence-electron chi connectivity index (χ1n) is 8.92. The van der Waals surface area contributed by atoms with Crippen LogP contribution in [-0.2, 0) is 4.74 Å². The van der Waals surface area contributed by atoms with E-state index >= 15 is 0 Å². The van der Waals surface area contributed by atoms with Gasteiger partial charge >= 0.3 is 0 Å². The SMILES string of the molecule is C=C[C@H]1CO[C@@H](c2ccccc2)/C1=C(\CCCC)c1ccccc1. The molecule has 3 rings (SSSR count). The van der Waals surface area contributed by atoms with Crippen molar-refractivity contribution in [1.82, 2.24) is 0 Å². The second kappa shape index (κ2) is 8.12. The molecule has 124 valence electrons. The molecule has 2 aromatic rings. The summed E-state index contributed by atoms with van der Waals surface area (Å²) in [5, 5.41) is 0. The van der Waals surface area contributed by atoms with Crippen molar-refractivity contribution in [3.63, 3.8) is 0 Å². The zero-order valence-electron chi connectivity index (χ0n) is 14.4. The minimum Gasteiger partial charge on any atom is -0.368 e. The third-order valence-corrected chi connectivity index (χ3v) is 4.76. The Hall–Kier alpha value is -2.12. The molecular weight excluding hydrogens is 292 g/mol. The Bertz CT molecular complexity index is 684. The molecule has 2 atom stereocenters. The van der Waals surface area contributed by atoms with E-state index in [1.165, 1.54) is 35.1 Å². The van der Waals surface area contributed by atoms with E-state index in [0.29, 0.717) is 5.92 Å². The summed E-state index contributed by atoms with van der Waals surface area (Å²) in [4.78, 5) is 0. The maximum Gasteiger partial charge on any atom is 0.105 e. The van der Waals surface area contributed by atoms with Crippen molar-refractivity contribution in [3.8, 4) is 0 Å². The van der Waals surface area contributed by atoms with Gasteiger partial charge in [0.1, 0.15) is 6.10 Å². The number of rotatable bonds is 6. The first-order chi connectivity index (χ1) is 11.8. The topological polar surface area (TPSA) is 9.23 Å². The zero-order chi connectivity index (χ0) is 16.8. The normalized spacial score (nSPS) is 22.4. The van der Waals surface area contributed by atoms with Crippen LogP contribution in [0.4, 0.5) is 0 Å². The molecule has 1 aliphatic heterocycles. The zero-order valence-corrected chi connectivity index (χ0v) is 14.4. The molecule has 0 spiro atoms. The second-order valence-electron chi connectivity index (χ2n) is 6.37. The van der Waals surface area contributed by atoms with Crippen LogP contribution in [0, 0.1) is 5.92 Å². The van der Waals surface area contributed by atoms with E-state index in [1.807, 2.05) is 6.08 Å². The molecular formula is C23H26O. The minimum absolute atomic E-state index is 0.0428. The van der Waals surface area contributed by atoms with Crippen LogP contribution < -0.4 is 0 Å². The van der Waals surface area contributed by atoms with E-state index in [2.05, 4.69) is 74.2 Å². The van der Waals surface area contributed by atoms with Gasteiger partial charge in [-0.2, -0.15) is 0 Å². The van der Waals surface area contributed by atoms with Gasteiger partial charge in [0.05, 0.1) is 6.61 Å². The van der Waals surface area contributed by atoms with Crippen molar-refractivity contribution in [2.75, 3.05) is 6.61 Å². The van der Waals surface area contributed by atoms with Crippen molar-refractivity contribution < 1.29 is 4.74 Å². The fourth-order valence-corrected chi connectivity index (χ4v) is 3.50. The Morgan fingerprint density at radius 1 is 1.08 bits per heavy atom. The number of allylic oxidation sites excluding steroid dienone is 1. The first kappa shape index (κ1) is 16.7. The van der Waals surface area contributed by atoms with Crippen LogP contribution in [0.5, 0.6) is 0 Å². The number of unbranched alkanes of at least 4 members (excludes halogenated alkanes) is 1. The third-order valence-electron chi connectivity index (χ3n) is 4.76. The van der Waals surface area contributed by atoms with Gasteiger partial charge < -0.3 is 4.74 Å². The van der Waals surface area contributed by atoms with Crippen LogP contribution in [0.2, 0.25) is 0 Å². The summed E-state index contributed by atoms with van der Waals surface area (Å²) < 4.78 is 6.21. The highest BCUT2D eigenvalue weighted by Crippen LogP contribution is 2.44. The average Bonchev–Trinajstić information content (AvgIpc) is 3.07. The smallest absolute Gasteiger partial charge is 0.105 e. The first-order valence-corrected chi connectivity index (χ1v) is 8.92. The van der Waals surface area contributed by atoms with Gasteiger partial charge in [-0.1, -0.05) is 80.1 Å². The molecule has 0 aliphatic carbocycles. The van der Waals surface area contributed by atoms with Crippen molar-refractivity contribution >= 4 is 5.57 Å². The number of hydrogen-bond acceptors (Lipinski definition) is 1. The van der Waals surface area contributed by atoms with Crippen molar-refractivity contribution in [1.29, 1.82) is 0 Å². The van der Waals surface area contributed by atoms with Gasteiger partial charge in [0, 0.05) is 5.92 Å². The molecule has 0 radical (unpaired) electrons. The highest BCUT2D eigenvalue weighted by atomic mass is 16.5. The fraction of sp³-hybridized carbons (Fsp3) is 0.304. The second-order valence-corrected chi connectivity index (χ2v) is 6.37. The molecule has 1 heterocycles. The lowest BCUT2D eigenvalue weighted by molar-refractivity contribution is 0.120. The monoisotopic (exact) mass is 318 g/mol. The van der Waals surface area contributed by atoms with Gasteiger partial charge in [-0.15, -0.1) is 6.58 Å².